The summed E-state index contributed by atoms with van der Waals surface area (Å²) in [5.41, 5.74) is 7.66. The Hall–Kier alpha value is -1.55. The van der Waals surface area contributed by atoms with E-state index in [0.29, 0.717) is 6.61 Å². The molecule has 0 aliphatic rings. The molecule has 92 valence electrons. The highest BCUT2D eigenvalue weighted by atomic mass is 16.2. The van der Waals surface area contributed by atoms with Crippen molar-refractivity contribution in [2.45, 2.75) is 32.2 Å². The number of aliphatic hydroxyl groups excluding tert-OH is 1. The second-order valence-corrected chi connectivity index (χ2v) is 4.32. The molecule has 1 aromatic heterocycles. The number of nitrogen functional groups attached to an aromatic ring is 1. The Kier molecular flexibility index (Phi) is 3.98. The van der Waals surface area contributed by atoms with E-state index in [0.717, 1.165) is 48.8 Å². The molecule has 4 nitrogen and oxygen atoms in total. The van der Waals surface area contributed by atoms with Gasteiger partial charge in [-0.1, -0.05) is 12.8 Å². The van der Waals surface area contributed by atoms with Gasteiger partial charge in [0.1, 0.15) is 0 Å². The number of nitrogens with two attached hydrogens (primary N) is 1. The third-order valence-electron chi connectivity index (χ3n) is 2.95. The Morgan fingerprint density at radius 3 is 2.82 bits per heavy atom. The van der Waals surface area contributed by atoms with Crippen LogP contribution in [-0.2, 0) is 6.54 Å². The van der Waals surface area contributed by atoms with Gasteiger partial charge in [0, 0.05) is 24.2 Å². The number of nitrogens with zero attached hydrogens (tertiary/aromatic N) is 2. The van der Waals surface area contributed by atoms with E-state index >= 15 is 0 Å². The van der Waals surface area contributed by atoms with Crippen LogP contribution in [0.2, 0.25) is 0 Å². The first-order chi connectivity index (χ1) is 8.31. The summed E-state index contributed by atoms with van der Waals surface area (Å²) in [4.78, 5) is 0. The van der Waals surface area contributed by atoms with Crippen molar-refractivity contribution in [1.82, 2.24) is 9.78 Å². The number of hydrogen-bond acceptors (Lipinski definition) is 3. The first kappa shape index (κ1) is 11.9. The standard InChI is InChI=1S/C13H19N3O/c14-12-6-5-11-10-15-16(13(11)9-12)7-3-1-2-4-8-17/h5-6,9-10,17H,1-4,7-8,14H2. The maximum absolute atomic E-state index is 8.69. The van der Waals surface area contributed by atoms with Gasteiger partial charge in [-0.05, 0) is 31.0 Å². The van der Waals surface area contributed by atoms with Gasteiger partial charge in [0.15, 0.2) is 0 Å². The van der Waals surface area contributed by atoms with Crippen LogP contribution in [0.1, 0.15) is 25.7 Å². The van der Waals surface area contributed by atoms with Gasteiger partial charge in [0.25, 0.3) is 0 Å². The second kappa shape index (κ2) is 5.68. The molecule has 0 aliphatic carbocycles. The number of anilines is 1. The molecular weight excluding hydrogens is 214 g/mol. The van der Waals surface area contributed by atoms with Crippen LogP contribution >= 0.6 is 0 Å². The van der Waals surface area contributed by atoms with Gasteiger partial charge in [-0.2, -0.15) is 5.10 Å². The number of aliphatic hydroxyl groups is 1. The van der Waals surface area contributed by atoms with Crippen LogP contribution in [0.5, 0.6) is 0 Å². The molecule has 0 atom stereocenters. The van der Waals surface area contributed by atoms with Gasteiger partial charge in [-0.25, -0.2) is 0 Å². The van der Waals surface area contributed by atoms with E-state index in [-0.39, 0.29) is 0 Å². The third-order valence-corrected chi connectivity index (χ3v) is 2.95. The maximum atomic E-state index is 8.69. The summed E-state index contributed by atoms with van der Waals surface area (Å²) in [5, 5.41) is 14.2. The molecule has 0 saturated carbocycles. The molecule has 0 radical (unpaired) electrons. The summed E-state index contributed by atoms with van der Waals surface area (Å²) >= 11 is 0. The van der Waals surface area contributed by atoms with Gasteiger partial charge >= 0.3 is 0 Å². The molecule has 0 spiro atoms. The first-order valence-electron chi connectivity index (χ1n) is 6.13. The molecule has 1 aromatic carbocycles. The maximum Gasteiger partial charge on any atom is 0.0702 e. The molecule has 2 aromatic rings. The molecule has 0 aliphatic heterocycles. The largest absolute Gasteiger partial charge is 0.399 e. The van der Waals surface area contributed by atoms with Crippen LogP contribution in [0.15, 0.2) is 24.4 Å². The van der Waals surface area contributed by atoms with Crippen molar-refractivity contribution in [2.75, 3.05) is 12.3 Å². The number of hydrogen-bond donors (Lipinski definition) is 2. The highest BCUT2D eigenvalue weighted by Gasteiger charge is 2.02. The molecule has 0 saturated heterocycles. The molecule has 0 amide bonds. The average molecular weight is 233 g/mol. The lowest BCUT2D eigenvalue weighted by Crippen LogP contribution is -2.00. The van der Waals surface area contributed by atoms with Crippen LogP contribution in [0.25, 0.3) is 10.9 Å². The fraction of sp³-hybridized carbons (Fsp3) is 0.462. The number of aryl methyl sites for hydroxylation is 1. The van der Waals surface area contributed by atoms with Gasteiger partial charge in [0.05, 0.1) is 11.7 Å². The van der Waals surface area contributed by atoms with Gasteiger partial charge in [-0.15, -0.1) is 0 Å². The fourth-order valence-corrected chi connectivity index (χ4v) is 1.99. The van der Waals surface area contributed by atoms with Crippen LogP contribution < -0.4 is 5.73 Å². The smallest absolute Gasteiger partial charge is 0.0702 e. The Morgan fingerprint density at radius 1 is 1.18 bits per heavy atom. The van der Waals surface area contributed by atoms with E-state index < -0.39 is 0 Å². The highest BCUT2D eigenvalue weighted by molar-refractivity contribution is 5.81. The minimum Gasteiger partial charge on any atom is -0.399 e. The minimum atomic E-state index is 0.293. The topological polar surface area (TPSA) is 64.1 Å². The Bertz CT molecular complexity index is 478. The summed E-state index contributed by atoms with van der Waals surface area (Å²) in [6.45, 7) is 1.21. The summed E-state index contributed by atoms with van der Waals surface area (Å²) < 4.78 is 2.00. The van der Waals surface area contributed by atoms with E-state index in [4.69, 9.17) is 10.8 Å². The number of fused-ring (bicyclic) bond motifs is 1. The van der Waals surface area contributed by atoms with Crippen molar-refractivity contribution in [3.63, 3.8) is 0 Å². The molecule has 0 unspecified atom stereocenters. The summed E-state index contributed by atoms with van der Waals surface area (Å²) in [7, 11) is 0. The van der Waals surface area contributed by atoms with E-state index in [1.807, 2.05) is 29.1 Å². The average Bonchev–Trinajstić information content (AvgIpc) is 2.72. The number of aromatic nitrogens is 2. The summed E-state index contributed by atoms with van der Waals surface area (Å²) in [6, 6.07) is 5.87. The molecule has 1 heterocycles. The summed E-state index contributed by atoms with van der Waals surface area (Å²) in [5.74, 6) is 0. The lowest BCUT2D eigenvalue weighted by Gasteiger charge is -2.04. The predicted molar refractivity (Wildman–Crippen MR) is 69.7 cm³/mol. The normalized spacial score (nSPS) is 11.1. The molecule has 4 heteroatoms. The first-order valence-corrected chi connectivity index (χ1v) is 6.13. The van der Waals surface area contributed by atoms with Crippen LogP contribution in [0, 0.1) is 0 Å². The van der Waals surface area contributed by atoms with Crippen LogP contribution in [-0.4, -0.2) is 21.5 Å². The molecule has 3 N–H and O–H groups in total. The van der Waals surface area contributed by atoms with Crippen LogP contribution in [0.4, 0.5) is 5.69 Å². The monoisotopic (exact) mass is 233 g/mol. The third kappa shape index (κ3) is 2.97. The molecular formula is C13H19N3O. The number of rotatable bonds is 6. The van der Waals surface area contributed by atoms with E-state index in [9.17, 15) is 0 Å². The molecule has 17 heavy (non-hydrogen) atoms. The van der Waals surface area contributed by atoms with Crippen molar-refractivity contribution >= 4 is 16.6 Å². The zero-order valence-electron chi connectivity index (χ0n) is 9.97. The lowest BCUT2D eigenvalue weighted by molar-refractivity contribution is 0.282. The quantitative estimate of drug-likeness (QED) is 0.593. The fourth-order valence-electron chi connectivity index (χ4n) is 1.99. The molecule has 0 fully saturated rings. The highest BCUT2D eigenvalue weighted by Crippen LogP contribution is 2.17. The van der Waals surface area contributed by atoms with Gasteiger partial charge < -0.3 is 10.8 Å². The second-order valence-electron chi connectivity index (χ2n) is 4.32. The van der Waals surface area contributed by atoms with Crippen molar-refractivity contribution in [3.05, 3.63) is 24.4 Å². The van der Waals surface area contributed by atoms with Crippen LogP contribution in [0.3, 0.4) is 0 Å². The van der Waals surface area contributed by atoms with E-state index in [1.165, 1.54) is 0 Å². The van der Waals surface area contributed by atoms with E-state index in [1.54, 1.807) is 0 Å². The predicted octanol–water partition coefficient (Wildman–Crippen LogP) is 2.17. The van der Waals surface area contributed by atoms with Crippen molar-refractivity contribution in [2.24, 2.45) is 0 Å². The zero-order chi connectivity index (χ0) is 12.1. The number of unbranched alkanes of at least 4 members (excludes halogenated alkanes) is 3. The summed E-state index contributed by atoms with van der Waals surface area (Å²) in [6.07, 6.45) is 6.07. The Balaban J connectivity index is 1.96. The molecule has 2 rings (SSSR count). The molecule has 0 bridgehead atoms. The van der Waals surface area contributed by atoms with Crippen molar-refractivity contribution < 1.29 is 5.11 Å². The Morgan fingerprint density at radius 2 is 2.00 bits per heavy atom. The van der Waals surface area contributed by atoms with Crippen molar-refractivity contribution in [3.8, 4) is 0 Å². The SMILES string of the molecule is Nc1ccc2cnn(CCCCCCO)c2c1. The number of benzene rings is 1. The van der Waals surface area contributed by atoms with Crippen molar-refractivity contribution in [1.29, 1.82) is 0 Å². The minimum absolute atomic E-state index is 0.293. The van der Waals surface area contributed by atoms with E-state index in [2.05, 4.69) is 5.10 Å². The Labute approximate surface area is 101 Å². The van der Waals surface area contributed by atoms with Gasteiger partial charge in [0.2, 0.25) is 0 Å². The van der Waals surface area contributed by atoms with Gasteiger partial charge in [-0.3, -0.25) is 4.68 Å². The zero-order valence-corrected chi connectivity index (χ0v) is 9.97. The lowest BCUT2D eigenvalue weighted by atomic mass is 10.2.